The minimum atomic E-state index is -5.45. The van der Waals surface area contributed by atoms with E-state index < -0.39 is 89.8 Å². The van der Waals surface area contributed by atoms with Crippen molar-refractivity contribution < 1.29 is 71.4 Å². The highest BCUT2D eigenvalue weighted by Crippen LogP contribution is 2.60. The Bertz CT molecular complexity index is 1900. The van der Waals surface area contributed by atoms with Crippen LogP contribution in [0.1, 0.15) is 143 Å². The third kappa shape index (κ3) is 28.2. The summed E-state index contributed by atoms with van der Waals surface area (Å²) in [4.78, 5) is 61.7. The Balaban J connectivity index is 1.87. The normalized spacial score (nSPS) is 20.5. The van der Waals surface area contributed by atoms with Gasteiger partial charge in [-0.05, 0) is 56.9 Å². The fraction of sp³-hybridized carbons (Fsp3) is 0.660. The van der Waals surface area contributed by atoms with Crippen molar-refractivity contribution in [3.05, 3.63) is 83.5 Å². The number of esters is 2. The standard InChI is InChI=1S/C47H77N3O16P2/c1-4-5-6-7-18-23-28-38(51)29-24-19-14-11-12-16-21-26-31-43(53)64-39(34-61-42(52)30-25-20-15-10-8-9-13-17-22-27-37(2)3)35-62-67(57,58)66-68(59,60)63-36-40-44(54)45(55)46(65-40)50-33-32-41(48)49-47(50)56/h5-6,12,14,16,18-19,23-24,29,32-33,37-40,44-46,51,54-55H,4,7-11,13,15,17,20-22,25-28,30-31,34-36H2,1-3H3,(H,57,58)(H,59,60)(H2,48,49,56)/b6-5-,16-12-,19-14-,23-18-,29-24+/t38?,39-,40-,44-,45-,46-/m1/s1. The highest BCUT2D eigenvalue weighted by atomic mass is 31.3. The number of phosphoric ester groups is 2. The summed E-state index contributed by atoms with van der Waals surface area (Å²) in [6, 6.07) is 1.24. The Morgan fingerprint density at radius 1 is 0.824 bits per heavy atom. The van der Waals surface area contributed by atoms with E-state index in [1.165, 1.54) is 38.2 Å². The summed E-state index contributed by atoms with van der Waals surface area (Å²) in [5, 5.41) is 30.9. The smallest absolute Gasteiger partial charge is 0.462 e. The summed E-state index contributed by atoms with van der Waals surface area (Å²) in [5.74, 6) is -0.688. The predicted octanol–water partition coefficient (Wildman–Crippen LogP) is 7.99. The number of anilines is 1. The third-order valence-electron chi connectivity index (χ3n) is 10.4. The molecule has 19 nitrogen and oxygen atoms in total. The Kier molecular flexibility index (Phi) is 30.9. The molecule has 68 heavy (non-hydrogen) atoms. The zero-order chi connectivity index (χ0) is 50.2. The van der Waals surface area contributed by atoms with E-state index in [2.05, 4.69) is 42.2 Å². The molecule has 386 valence electrons. The van der Waals surface area contributed by atoms with E-state index in [0.717, 1.165) is 55.2 Å². The number of phosphoric acid groups is 2. The molecule has 1 aliphatic rings. The monoisotopic (exact) mass is 1000 g/mol. The van der Waals surface area contributed by atoms with Crippen LogP contribution in [-0.4, -0.2) is 96.9 Å². The number of nitrogen functional groups attached to an aromatic ring is 1. The van der Waals surface area contributed by atoms with Crippen LogP contribution in [0.25, 0.3) is 0 Å². The van der Waals surface area contributed by atoms with E-state index in [4.69, 9.17) is 29.0 Å². The first-order valence-electron chi connectivity index (χ1n) is 23.8. The molecule has 1 aliphatic heterocycles. The van der Waals surface area contributed by atoms with Gasteiger partial charge < -0.3 is 45.1 Å². The van der Waals surface area contributed by atoms with Crippen molar-refractivity contribution in [1.82, 2.24) is 9.55 Å². The molecule has 0 aromatic carbocycles. The topological polar surface area (TPSA) is 286 Å². The molecular weight excluding hydrogens is 924 g/mol. The van der Waals surface area contributed by atoms with Crippen LogP contribution in [0.3, 0.4) is 0 Å². The number of ether oxygens (including phenoxy) is 3. The van der Waals surface area contributed by atoms with Crippen LogP contribution in [0.15, 0.2) is 77.8 Å². The largest absolute Gasteiger partial charge is 0.481 e. The molecule has 2 heterocycles. The van der Waals surface area contributed by atoms with E-state index in [0.29, 0.717) is 32.1 Å². The molecule has 0 bridgehead atoms. The molecule has 0 saturated carbocycles. The number of rotatable bonds is 37. The van der Waals surface area contributed by atoms with Crippen LogP contribution in [0.5, 0.6) is 0 Å². The lowest BCUT2D eigenvalue weighted by atomic mass is 10.0. The van der Waals surface area contributed by atoms with Crippen molar-refractivity contribution in [3.8, 4) is 0 Å². The number of nitrogens with two attached hydrogens (primary N) is 1. The van der Waals surface area contributed by atoms with Gasteiger partial charge in [-0.15, -0.1) is 0 Å². The van der Waals surface area contributed by atoms with Gasteiger partial charge >= 0.3 is 33.3 Å². The summed E-state index contributed by atoms with van der Waals surface area (Å²) in [7, 11) is -10.9. The molecule has 21 heteroatoms. The van der Waals surface area contributed by atoms with Gasteiger partial charge in [-0.3, -0.25) is 23.2 Å². The van der Waals surface area contributed by atoms with E-state index in [-0.39, 0.29) is 18.7 Å². The summed E-state index contributed by atoms with van der Waals surface area (Å²) in [5.41, 5.74) is 4.57. The van der Waals surface area contributed by atoms with Crippen LogP contribution in [0.2, 0.25) is 0 Å². The number of hydrogen-bond acceptors (Lipinski definition) is 16. The molecule has 8 atom stereocenters. The average Bonchev–Trinajstić information content (AvgIpc) is 3.55. The van der Waals surface area contributed by atoms with E-state index in [1.807, 2.05) is 36.5 Å². The molecule has 1 saturated heterocycles. The minimum absolute atomic E-state index is 0.0619. The van der Waals surface area contributed by atoms with Crippen molar-refractivity contribution in [2.45, 2.75) is 173 Å². The highest BCUT2D eigenvalue weighted by molar-refractivity contribution is 7.61. The highest BCUT2D eigenvalue weighted by Gasteiger charge is 2.46. The van der Waals surface area contributed by atoms with Crippen molar-refractivity contribution in [2.24, 2.45) is 5.92 Å². The van der Waals surface area contributed by atoms with Crippen LogP contribution < -0.4 is 11.4 Å². The number of nitrogens with zero attached hydrogens (tertiary/aromatic N) is 2. The third-order valence-corrected chi connectivity index (χ3v) is 13.0. The molecule has 7 N–H and O–H groups in total. The van der Waals surface area contributed by atoms with Gasteiger partial charge in [-0.2, -0.15) is 9.29 Å². The van der Waals surface area contributed by atoms with Gasteiger partial charge in [0.05, 0.1) is 19.3 Å². The van der Waals surface area contributed by atoms with Crippen LogP contribution in [-0.2, 0) is 46.3 Å². The number of allylic oxidation sites excluding steroid dienone is 8. The first kappa shape index (κ1) is 60.5. The minimum Gasteiger partial charge on any atom is -0.462 e. The van der Waals surface area contributed by atoms with Crippen molar-refractivity contribution >= 4 is 33.4 Å². The maximum absolute atomic E-state index is 12.8. The summed E-state index contributed by atoms with van der Waals surface area (Å²) in [6.07, 6.45) is 26.6. The molecular formula is C47H77N3O16P2. The molecule has 0 aliphatic carbocycles. The second-order valence-electron chi connectivity index (χ2n) is 16.9. The maximum Gasteiger partial charge on any atom is 0.481 e. The Hall–Kier alpha value is -3.58. The Morgan fingerprint density at radius 3 is 2.15 bits per heavy atom. The lowest BCUT2D eigenvalue weighted by Gasteiger charge is -2.21. The van der Waals surface area contributed by atoms with Gasteiger partial charge in [0.15, 0.2) is 12.3 Å². The summed E-state index contributed by atoms with van der Waals surface area (Å²) < 4.78 is 56.5. The molecule has 2 rings (SSSR count). The lowest BCUT2D eigenvalue weighted by molar-refractivity contribution is -0.161. The zero-order valence-corrected chi connectivity index (χ0v) is 41.7. The Labute approximate surface area is 401 Å². The zero-order valence-electron chi connectivity index (χ0n) is 39.9. The number of hydrogen-bond donors (Lipinski definition) is 6. The number of aromatic nitrogens is 2. The fourth-order valence-corrected chi connectivity index (χ4v) is 8.79. The number of unbranched alkanes of at least 4 members (excludes halogenated alkanes) is 9. The van der Waals surface area contributed by atoms with Crippen molar-refractivity contribution in [3.63, 3.8) is 0 Å². The second-order valence-corrected chi connectivity index (χ2v) is 20.0. The van der Waals surface area contributed by atoms with Gasteiger partial charge in [-0.1, -0.05) is 139 Å². The van der Waals surface area contributed by atoms with Crippen molar-refractivity contribution in [2.75, 3.05) is 25.6 Å². The molecule has 0 spiro atoms. The maximum atomic E-state index is 12.8. The summed E-state index contributed by atoms with van der Waals surface area (Å²) >= 11 is 0. The van der Waals surface area contributed by atoms with E-state index in [9.17, 15) is 48.6 Å². The summed E-state index contributed by atoms with van der Waals surface area (Å²) in [6.45, 7) is 4.14. The van der Waals surface area contributed by atoms with Crippen molar-refractivity contribution in [1.29, 1.82) is 0 Å². The van der Waals surface area contributed by atoms with Gasteiger partial charge in [0.2, 0.25) is 0 Å². The average molecular weight is 1000 g/mol. The first-order valence-corrected chi connectivity index (χ1v) is 26.8. The molecule has 3 unspecified atom stereocenters. The lowest BCUT2D eigenvalue weighted by Crippen LogP contribution is -2.36. The van der Waals surface area contributed by atoms with Crippen LogP contribution in [0.4, 0.5) is 5.82 Å². The SMILES string of the molecule is CC/C=C\C/C=C\CC(O)/C=C/C=C\C/C=C\CCCC(=O)O[C@H](COC(=O)CCCCCCCCCCCC(C)C)COP(=O)(O)OP(=O)(O)OC[C@H]1O[C@@H](n2ccc(N)nc2=O)[C@H](O)[C@@H]1O. The number of aliphatic hydroxyl groups excluding tert-OH is 3. The van der Waals surface area contributed by atoms with Crippen LogP contribution in [0, 0.1) is 5.92 Å². The Morgan fingerprint density at radius 2 is 1.46 bits per heavy atom. The predicted molar refractivity (Wildman–Crippen MR) is 258 cm³/mol. The van der Waals surface area contributed by atoms with E-state index in [1.54, 1.807) is 12.2 Å². The van der Waals surface area contributed by atoms with Crippen LogP contribution >= 0.6 is 15.6 Å². The van der Waals surface area contributed by atoms with Gasteiger partial charge in [0.25, 0.3) is 0 Å². The van der Waals surface area contributed by atoms with E-state index >= 15 is 0 Å². The van der Waals surface area contributed by atoms with Gasteiger partial charge in [-0.25, -0.2) is 13.9 Å². The molecule has 0 amide bonds. The number of carbonyl (C=O) groups excluding carboxylic acids is 2. The molecule has 0 radical (unpaired) electrons. The molecule has 1 aromatic rings. The molecule has 1 fully saturated rings. The van der Waals surface area contributed by atoms with Gasteiger partial charge in [0.1, 0.15) is 30.7 Å². The van der Waals surface area contributed by atoms with Gasteiger partial charge in [0, 0.05) is 19.0 Å². The number of aliphatic hydroxyl groups is 3. The fourth-order valence-electron chi connectivity index (χ4n) is 6.68. The number of carbonyl (C=O) groups is 2. The second kappa shape index (κ2) is 34.7. The molecule has 1 aromatic heterocycles. The first-order chi connectivity index (χ1) is 32.4. The quantitative estimate of drug-likeness (QED) is 0.0121.